The Morgan fingerprint density at radius 2 is 1.80 bits per heavy atom. The summed E-state index contributed by atoms with van der Waals surface area (Å²) in [5, 5.41) is 4.41. The first-order chi connectivity index (χ1) is 9.71. The summed E-state index contributed by atoms with van der Waals surface area (Å²) in [5.74, 6) is 1.32. The number of methoxy groups -OCH3 is 1. The highest BCUT2D eigenvalue weighted by molar-refractivity contribution is 5.38. The number of ether oxygens (including phenoxy) is 1. The van der Waals surface area contributed by atoms with Gasteiger partial charge in [-0.3, -0.25) is 0 Å². The molecule has 1 atom stereocenters. The van der Waals surface area contributed by atoms with Gasteiger partial charge in [0.25, 0.3) is 0 Å². The average molecular weight is 273 g/mol. The fourth-order valence-electron chi connectivity index (χ4n) is 2.54. The maximum absolute atomic E-state index is 6.41. The molecule has 1 unspecified atom stereocenters. The lowest BCUT2D eigenvalue weighted by Gasteiger charge is -2.22. The van der Waals surface area contributed by atoms with Crippen LogP contribution in [0.15, 0.2) is 36.5 Å². The predicted octanol–water partition coefficient (Wildman–Crippen LogP) is 3.32. The summed E-state index contributed by atoms with van der Waals surface area (Å²) in [7, 11) is 1.66. The topological polar surface area (TPSA) is 53.1 Å². The molecule has 0 bridgehead atoms. The van der Waals surface area contributed by atoms with Crippen molar-refractivity contribution >= 4 is 0 Å². The highest BCUT2D eigenvalue weighted by Crippen LogP contribution is 2.26. The van der Waals surface area contributed by atoms with Gasteiger partial charge >= 0.3 is 0 Å². The Balaban J connectivity index is 2.31. The van der Waals surface area contributed by atoms with E-state index >= 15 is 0 Å². The van der Waals surface area contributed by atoms with Crippen LogP contribution in [0.1, 0.15) is 38.4 Å². The molecule has 108 valence electrons. The Hall–Kier alpha value is -1.81. The first kappa shape index (κ1) is 14.6. The first-order valence-electron chi connectivity index (χ1n) is 7.15. The van der Waals surface area contributed by atoms with Gasteiger partial charge in [-0.1, -0.05) is 26.7 Å². The van der Waals surface area contributed by atoms with Crippen molar-refractivity contribution in [3.8, 4) is 11.4 Å². The minimum Gasteiger partial charge on any atom is -0.497 e. The van der Waals surface area contributed by atoms with Crippen LogP contribution < -0.4 is 10.5 Å². The molecule has 2 N–H and O–H groups in total. The largest absolute Gasteiger partial charge is 0.497 e. The Kier molecular flexibility index (Phi) is 4.79. The van der Waals surface area contributed by atoms with Gasteiger partial charge in [-0.25, -0.2) is 4.68 Å². The third kappa shape index (κ3) is 2.85. The molecular formula is C16H23N3O. The fourth-order valence-corrected chi connectivity index (χ4v) is 2.54. The molecule has 1 aromatic carbocycles. The van der Waals surface area contributed by atoms with Gasteiger partial charge in [0, 0.05) is 12.2 Å². The number of benzene rings is 1. The summed E-state index contributed by atoms with van der Waals surface area (Å²) >= 11 is 0. The molecule has 0 fully saturated rings. The van der Waals surface area contributed by atoms with Gasteiger partial charge < -0.3 is 10.5 Å². The van der Waals surface area contributed by atoms with E-state index in [9.17, 15) is 0 Å². The van der Waals surface area contributed by atoms with Crippen molar-refractivity contribution in [3.05, 3.63) is 42.2 Å². The zero-order valence-electron chi connectivity index (χ0n) is 12.4. The molecule has 0 amide bonds. The number of nitrogens with two attached hydrogens (primary N) is 1. The molecule has 4 heteroatoms. The number of rotatable bonds is 6. The second-order valence-electron chi connectivity index (χ2n) is 4.97. The molecule has 0 radical (unpaired) electrons. The molecule has 1 aromatic heterocycles. The van der Waals surface area contributed by atoms with Crippen molar-refractivity contribution in [1.29, 1.82) is 0 Å². The molecule has 0 saturated carbocycles. The average Bonchev–Trinajstić information content (AvgIpc) is 2.98. The molecule has 2 aromatic rings. The normalized spacial score (nSPS) is 12.7. The first-order valence-corrected chi connectivity index (χ1v) is 7.15. The second-order valence-corrected chi connectivity index (χ2v) is 4.97. The van der Waals surface area contributed by atoms with Crippen molar-refractivity contribution in [2.45, 2.75) is 32.7 Å². The zero-order chi connectivity index (χ0) is 14.5. The standard InChI is InChI=1S/C16H23N3O/c1-4-12(5-2)16(17)15-10-11-18-19(15)13-6-8-14(20-3)9-7-13/h6-12,16H,4-5,17H2,1-3H3. The molecule has 0 aliphatic rings. The maximum Gasteiger partial charge on any atom is 0.119 e. The van der Waals surface area contributed by atoms with Gasteiger partial charge in [-0.15, -0.1) is 0 Å². The van der Waals surface area contributed by atoms with Crippen LogP contribution in [0, 0.1) is 5.92 Å². The van der Waals surface area contributed by atoms with Crippen molar-refractivity contribution in [2.24, 2.45) is 11.7 Å². The Morgan fingerprint density at radius 1 is 1.15 bits per heavy atom. The van der Waals surface area contributed by atoms with Crippen LogP contribution in [0.3, 0.4) is 0 Å². The molecule has 0 aliphatic carbocycles. The minimum atomic E-state index is 0.00889. The van der Waals surface area contributed by atoms with E-state index in [1.807, 2.05) is 41.2 Å². The molecule has 1 heterocycles. The van der Waals surface area contributed by atoms with Crippen molar-refractivity contribution < 1.29 is 4.74 Å². The van der Waals surface area contributed by atoms with E-state index in [0.717, 1.165) is 30.0 Å². The van der Waals surface area contributed by atoms with E-state index in [2.05, 4.69) is 18.9 Å². The third-order valence-electron chi connectivity index (χ3n) is 3.89. The molecule has 4 nitrogen and oxygen atoms in total. The summed E-state index contributed by atoms with van der Waals surface area (Å²) in [6.45, 7) is 4.37. The van der Waals surface area contributed by atoms with Gasteiger partial charge in [-0.2, -0.15) is 5.10 Å². The number of nitrogens with zero attached hydrogens (tertiary/aromatic N) is 2. The minimum absolute atomic E-state index is 0.00889. The summed E-state index contributed by atoms with van der Waals surface area (Å²) in [6, 6.07) is 9.87. The molecule has 20 heavy (non-hydrogen) atoms. The molecular weight excluding hydrogens is 250 g/mol. The lowest BCUT2D eigenvalue weighted by atomic mass is 9.92. The smallest absolute Gasteiger partial charge is 0.119 e. The van der Waals surface area contributed by atoms with Gasteiger partial charge in [0.05, 0.1) is 18.5 Å². The van der Waals surface area contributed by atoms with Crippen LogP contribution >= 0.6 is 0 Å². The Bertz CT molecular complexity index is 529. The van der Waals surface area contributed by atoms with E-state index in [4.69, 9.17) is 10.5 Å². The second kappa shape index (κ2) is 6.57. The third-order valence-corrected chi connectivity index (χ3v) is 3.89. The van der Waals surface area contributed by atoms with Gasteiger partial charge in [0.15, 0.2) is 0 Å². The summed E-state index contributed by atoms with van der Waals surface area (Å²) in [4.78, 5) is 0. The SMILES string of the molecule is CCC(CC)C(N)c1ccnn1-c1ccc(OC)cc1. The van der Waals surface area contributed by atoms with E-state index in [-0.39, 0.29) is 6.04 Å². The van der Waals surface area contributed by atoms with Crippen molar-refractivity contribution in [3.63, 3.8) is 0 Å². The zero-order valence-corrected chi connectivity index (χ0v) is 12.4. The number of aromatic nitrogens is 2. The predicted molar refractivity (Wildman–Crippen MR) is 81.1 cm³/mol. The lowest BCUT2D eigenvalue weighted by Crippen LogP contribution is -2.23. The quantitative estimate of drug-likeness (QED) is 0.878. The van der Waals surface area contributed by atoms with Crippen LogP contribution in [-0.2, 0) is 0 Å². The Labute approximate surface area is 120 Å². The van der Waals surface area contributed by atoms with Crippen LogP contribution in [0.2, 0.25) is 0 Å². The highest BCUT2D eigenvalue weighted by Gasteiger charge is 2.20. The van der Waals surface area contributed by atoms with Crippen LogP contribution in [-0.4, -0.2) is 16.9 Å². The number of hydrogen-bond acceptors (Lipinski definition) is 3. The van der Waals surface area contributed by atoms with E-state index < -0.39 is 0 Å². The summed E-state index contributed by atoms with van der Waals surface area (Å²) < 4.78 is 7.10. The van der Waals surface area contributed by atoms with Crippen LogP contribution in [0.5, 0.6) is 5.75 Å². The highest BCUT2D eigenvalue weighted by atomic mass is 16.5. The molecule has 2 rings (SSSR count). The van der Waals surface area contributed by atoms with Crippen molar-refractivity contribution in [1.82, 2.24) is 9.78 Å². The van der Waals surface area contributed by atoms with Crippen molar-refractivity contribution in [2.75, 3.05) is 7.11 Å². The molecule has 0 saturated heterocycles. The van der Waals surface area contributed by atoms with E-state index in [1.54, 1.807) is 7.11 Å². The molecule has 0 aliphatic heterocycles. The van der Waals surface area contributed by atoms with Gasteiger partial charge in [0.1, 0.15) is 5.75 Å². The van der Waals surface area contributed by atoms with Crippen LogP contribution in [0.25, 0.3) is 5.69 Å². The van der Waals surface area contributed by atoms with E-state index in [1.165, 1.54) is 0 Å². The van der Waals surface area contributed by atoms with E-state index in [0.29, 0.717) is 5.92 Å². The van der Waals surface area contributed by atoms with Crippen LogP contribution in [0.4, 0.5) is 0 Å². The lowest BCUT2D eigenvalue weighted by molar-refractivity contribution is 0.393. The van der Waals surface area contributed by atoms with Gasteiger partial charge in [-0.05, 0) is 36.2 Å². The molecule has 0 spiro atoms. The summed E-state index contributed by atoms with van der Waals surface area (Å²) in [5.41, 5.74) is 8.48. The number of hydrogen-bond donors (Lipinski definition) is 1. The fraction of sp³-hybridized carbons (Fsp3) is 0.438. The Morgan fingerprint density at radius 3 is 2.35 bits per heavy atom. The maximum atomic E-state index is 6.41. The summed E-state index contributed by atoms with van der Waals surface area (Å²) in [6.07, 6.45) is 3.96. The monoisotopic (exact) mass is 273 g/mol. The van der Waals surface area contributed by atoms with Gasteiger partial charge in [0.2, 0.25) is 0 Å².